The fraction of sp³-hybridized carbons (Fsp3) is 0.600. The van der Waals surface area contributed by atoms with Gasteiger partial charge in [-0.2, -0.15) is 0 Å². The molecule has 1 aliphatic heterocycles. The smallest absolute Gasteiger partial charge is 0.0488 e. The minimum atomic E-state index is 0.471. The van der Waals surface area contributed by atoms with E-state index in [0.29, 0.717) is 11.9 Å². The second kappa shape index (κ2) is 6.83. The van der Waals surface area contributed by atoms with Crippen LogP contribution in [-0.4, -0.2) is 37.6 Å². The first-order valence-corrected chi connectivity index (χ1v) is 7.86. The van der Waals surface area contributed by atoms with E-state index in [1.54, 1.807) is 0 Å². The van der Waals surface area contributed by atoms with E-state index in [4.69, 9.17) is 23.2 Å². The van der Waals surface area contributed by atoms with Crippen molar-refractivity contribution < 1.29 is 0 Å². The fourth-order valence-corrected chi connectivity index (χ4v) is 3.30. The summed E-state index contributed by atoms with van der Waals surface area (Å²) in [5, 5.41) is 0.778. The zero-order chi connectivity index (χ0) is 13.8. The maximum atomic E-state index is 6.29. The van der Waals surface area contributed by atoms with Gasteiger partial charge in [0.2, 0.25) is 0 Å². The Kier molecular flexibility index (Phi) is 5.37. The van der Waals surface area contributed by atoms with Crippen LogP contribution in [-0.2, 0) is 5.88 Å². The zero-order valence-electron chi connectivity index (χ0n) is 11.7. The van der Waals surface area contributed by atoms with Gasteiger partial charge in [0.1, 0.15) is 0 Å². The molecule has 0 aliphatic carbocycles. The zero-order valence-corrected chi connectivity index (χ0v) is 13.2. The summed E-state index contributed by atoms with van der Waals surface area (Å²) >= 11 is 12.2. The van der Waals surface area contributed by atoms with E-state index in [0.717, 1.165) is 30.1 Å². The van der Waals surface area contributed by atoms with Gasteiger partial charge in [0, 0.05) is 35.7 Å². The summed E-state index contributed by atoms with van der Waals surface area (Å²) in [6.45, 7) is 5.64. The van der Waals surface area contributed by atoms with Crippen molar-refractivity contribution >= 4 is 28.9 Å². The molecule has 19 heavy (non-hydrogen) atoms. The average Bonchev–Trinajstić information content (AvgIpc) is 2.60. The van der Waals surface area contributed by atoms with Gasteiger partial charge in [0.25, 0.3) is 0 Å². The SMILES string of the molecule is CCC1CN(C)CCCN1c1ccc(CCl)c(Cl)c1. The first-order valence-electron chi connectivity index (χ1n) is 6.95. The van der Waals surface area contributed by atoms with Gasteiger partial charge >= 0.3 is 0 Å². The third-order valence-electron chi connectivity index (χ3n) is 3.89. The molecule has 1 atom stereocenters. The Bertz CT molecular complexity index is 423. The Hall–Kier alpha value is -0.440. The molecule has 0 bridgehead atoms. The maximum Gasteiger partial charge on any atom is 0.0488 e. The molecule has 1 aromatic rings. The Labute approximate surface area is 126 Å². The summed E-state index contributed by atoms with van der Waals surface area (Å²) in [7, 11) is 2.20. The summed E-state index contributed by atoms with van der Waals surface area (Å²) in [5.41, 5.74) is 2.23. The second-order valence-corrected chi connectivity index (χ2v) is 5.96. The first-order chi connectivity index (χ1) is 9.15. The summed E-state index contributed by atoms with van der Waals surface area (Å²) in [4.78, 5) is 4.91. The van der Waals surface area contributed by atoms with Gasteiger partial charge < -0.3 is 9.80 Å². The van der Waals surface area contributed by atoms with Crippen molar-refractivity contribution in [3.8, 4) is 0 Å². The molecule has 1 heterocycles. The monoisotopic (exact) mass is 300 g/mol. The van der Waals surface area contributed by atoms with Crippen molar-refractivity contribution in [3.63, 3.8) is 0 Å². The van der Waals surface area contributed by atoms with Crippen LogP contribution in [0, 0.1) is 0 Å². The van der Waals surface area contributed by atoms with Gasteiger partial charge in [0.05, 0.1) is 0 Å². The Morgan fingerprint density at radius 3 is 2.74 bits per heavy atom. The van der Waals surface area contributed by atoms with E-state index in [-0.39, 0.29) is 0 Å². The predicted octanol–water partition coefficient (Wildman–Crippen LogP) is 4.00. The molecule has 1 unspecified atom stereocenters. The van der Waals surface area contributed by atoms with Crippen LogP contribution < -0.4 is 4.90 Å². The Morgan fingerprint density at radius 1 is 1.32 bits per heavy atom. The third kappa shape index (κ3) is 3.56. The first kappa shape index (κ1) is 15.0. The van der Waals surface area contributed by atoms with Crippen LogP contribution in [0.5, 0.6) is 0 Å². The van der Waals surface area contributed by atoms with E-state index in [1.807, 2.05) is 6.07 Å². The topological polar surface area (TPSA) is 6.48 Å². The van der Waals surface area contributed by atoms with Gasteiger partial charge in [-0.25, -0.2) is 0 Å². The van der Waals surface area contributed by atoms with Crippen LogP contribution in [0.1, 0.15) is 25.3 Å². The molecule has 1 aromatic carbocycles. The molecule has 4 heteroatoms. The largest absolute Gasteiger partial charge is 0.367 e. The van der Waals surface area contributed by atoms with Crippen LogP contribution in [0.4, 0.5) is 5.69 Å². The van der Waals surface area contributed by atoms with Gasteiger partial charge in [-0.3, -0.25) is 0 Å². The van der Waals surface area contributed by atoms with Gasteiger partial charge in [0.15, 0.2) is 0 Å². The van der Waals surface area contributed by atoms with E-state index in [9.17, 15) is 0 Å². The maximum absolute atomic E-state index is 6.29. The van der Waals surface area contributed by atoms with Crippen molar-refractivity contribution in [2.45, 2.75) is 31.7 Å². The fourth-order valence-electron chi connectivity index (χ4n) is 2.76. The number of hydrogen-bond donors (Lipinski definition) is 0. The van der Waals surface area contributed by atoms with E-state index >= 15 is 0 Å². The number of benzene rings is 1. The molecule has 1 saturated heterocycles. The molecule has 0 aromatic heterocycles. The minimum Gasteiger partial charge on any atom is -0.367 e. The Morgan fingerprint density at radius 2 is 2.11 bits per heavy atom. The Balaban J connectivity index is 2.25. The van der Waals surface area contributed by atoms with Gasteiger partial charge in [-0.1, -0.05) is 24.6 Å². The molecule has 1 aliphatic rings. The molecule has 2 nitrogen and oxygen atoms in total. The number of halogens is 2. The van der Waals surface area contributed by atoms with Crippen molar-refractivity contribution in [3.05, 3.63) is 28.8 Å². The molecule has 0 amide bonds. The van der Waals surface area contributed by atoms with Crippen LogP contribution in [0.2, 0.25) is 5.02 Å². The number of anilines is 1. The van der Waals surface area contributed by atoms with Crippen LogP contribution in [0.25, 0.3) is 0 Å². The lowest BCUT2D eigenvalue weighted by Crippen LogP contribution is -2.39. The number of likely N-dealkylation sites (N-methyl/N-ethyl adjacent to an activating group) is 1. The number of nitrogens with zero attached hydrogens (tertiary/aromatic N) is 2. The summed E-state index contributed by atoms with van der Waals surface area (Å²) in [5.74, 6) is 0.471. The van der Waals surface area contributed by atoms with Gasteiger partial charge in [-0.15, -0.1) is 11.6 Å². The summed E-state index contributed by atoms with van der Waals surface area (Å²) < 4.78 is 0. The highest BCUT2D eigenvalue weighted by Gasteiger charge is 2.22. The minimum absolute atomic E-state index is 0.471. The van der Waals surface area contributed by atoms with E-state index in [2.05, 4.69) is 35.9 Å². The molecule has 0 saturated carbocycles. The lowest BCUT2D eigenvalue weighted by atomic mass is 10.1. The predicted molar refractivity (Wildman–Crippen MR) is 84.5 cm³/mol. The number of alkyl halides is 1. The highest BCUT2D eigenvalue weighted by Crippen LogP contribution is 2.28. The van der Waals surface area contributed by atoms with Crippen molar-refractivity contribution in [2.24, 2.45) is 0 Å². The number of rotatable bonds is 3. The molecular formula is C15H22Cl2N2. The average molecular weight is 301 g/mol. The van der Waals surface area contributed by atoms with Crippen molar-refractivity contribution in [2.75, 3.05) is 31.6 Å². The molecule has 106 valence electrons. The quantitative estimate of drug-likeness (QED) is 0.779. The normalized spacial score (nSPS) is 21.5. The molecule has 0 radical (unpaired) electrons. The number of hydrogen-bond acceptors (Lipinski definition) is 2. The highest BCUT2D eigenvalue weighted by molar-refractivity contribution is 6.32. The third-order valence-corrected chi connectivity index (χ3v) is 4.53. The summed E-state index contributed by atoms with van der Waals surface area (Å²) in [6, 6.07) is 6.82. The molecule has 1 fully saturated rings. The molecule has 0 N–H and O–H groups in total. The van der Waals surface area contributed by atoms with E-state index in [1.165, 1.54) is 18.7 Å². The van der Waals surface area contributed by atoms with Crippen molar-refractivity contribution in [1.82, 2.24) is 4.90 Å². The van der Waals surface area contributed by atoms with Crippen LogP contribution >= 0.6 is 23.2 Å². The lowest BCUT2D eigenvalue weighted by molar-refractivity contribution is 0.328. The standard InChI is InChI=1S/C15H22Cl2N2/c1-3-13-11-18(2)7-4-8-19(13)14-6-5-12(10-16)15(17)9-14/h5-6,9,13H,3-4,7-8,10-11H2,1-2H3. The second-order valence-electron chi connectivity index (χ2n) is 5.28. The molecular weight excluding hydrogens is 279 g/mol. The van der Waals surface area contributed by atoms with Crippen LogP contribution in [0.15, 0.2) is 18.2 Å². The van der Waals surface area contributed by atoms with Crippen molar-refractivity contribution in [1.29, 1.82) is 0 Å². The molecule has 2 rings (SSSR count). The van der Waals surface area contributed by atoms with Gasteiger partial charge in [-0.05, 0) is 44.1 Å². The lowest BCUT2D eigenvalue weighted by Gasteiger charge is -2.32. The molecule has 0 spiro atoms. The van der Waals surface area contributed by atoms with Crippen LogP contribution in [0.3, 0.4) is 0 Å². The van der Waals surface area contributed by atoms with E-state index < -0.39 is 0 Å². The summed E-state index contributed by atoms with van der Waals surface area (Å²) in [6.07, 6.45) is 2.35. The highest BCUT2D eigenvalue weighted by atomic mass is 35.5.